The van der Waals surface area contributed by atoms with Crippen LogP contribution in [0.25, 0.3) is 17.0 Å². The average Bonchev–Trinajstić information content (AvgIpc) is 3.05. The molecule has 0 radical (unpaired) electrons. The maximum absolute atomic E-state index is 11.6. The summed E-state index contributed by atoms with van der Waals surface area (Å²) in [5, 5.41) is 3.87. The van der Waals surface area contributed by atoms with Crippen LogP contribution in [0, 0.1) is 0 Å². The zero-order chi connectivity index (χ0) is 15.9. The number of aromatic amines is 1. The minimum absolute atomic E-state index is 0.278. The molecule has 0 unspecified atom stereocenters. The van der Waals surface area contributed by atoms with Gasteiger partial charge < -0.3 is 15.0 Å². The molecule has 23 heavy (non-hydrogen) atoms. The van der Waals surface area contributed by atoms with Gasteiger partial charge in [0.2, 0.25) is 0 Å². The van der Waals surface area contributed by atoms with E-state index in [1.54, 1.807) is 0 Å². The van der Waals surface area contributed by atoms with E-state index in [-0.39, 0.29) is 6.61 Å². The molecular weight excluding hydrogens is 288 g/mol. The van der Waals surface area contributed by atoms with E-state index < -0.39 is 6.09 Å². The standard InChI is InChI=1S/C19H18N2O2/c22-19(23-14-16-5-2-1-3-6-16)21-11-4-7-15-8-9-18-17(13-15)10-12-20-18/h1-10,12-13,20H,11,14H2,(H,21,22). The molecular formula is C19H18N2O2. The number of carbonyl (C=O) groups excluding carboxylic acids is 1. The van der Waals surface area contributed by atoms with Gasteiger partial charge in [0.1, 0.15) is 6.61 Å². The summed E-state index contributed by atoms with van der Waals surface area (Å²) in [4.78, 5) is 14.8. The summed E-state index contributed by atoms with van der Waals surface area (Å²) >= 11 is 0. The van der Waals surface area contributed by atoms with Crippen LogP contribution in [0.4, 0.5) is 4.79 Å². The zero-order valence-electron chi connectivity index (χ0n) is 12.7. The van der Waals surface area contributed by atoms with Crippen molar-refractivity contribution in [2.45, 2.75) is 6.61 Å². The van der Waals surface area contributed by atoms with Crippen LogP contribution < -0.4 is 5.32 Å². The lowest BCUT2D eigenvalue weighted by Crippen LogP contribution is -2.24. The van der Waals surface area contributed by atoms with Gasteiger partial charge in [-0.25, -0.2) is 4.79 Å². The van der Waals surface area contributed by atoms with Crippen molar-refractivity contribution in [2.75, 3.05) is 6.54 Å². The highest BCUT2D eigenvalue weighted by Gasteiger charge is 2.00. The molecule has 3 rings (SSSR count). The van der Waals surface area contributed by atoms with Crippen LogP contribution in [0.15, 0.2) is 66.9 Å². The van der Waals surface area contributed by atoms with E-state index in [0.29, 0.717) is 6.54 Å². The first-order valence-corrected chi connectivity index (χ1v) is 7.49. The van der Waals surface area contributed by atoms with Gasteiger partial charge in [0.25, 0.3) is 0 Å². The monoisotopic (exact) mass is 306 g/mol. The Morgan fingerprint density at radius 2 is 2.00 bits per heavy atom. The fourth-order valence-electron chi connectivity index (χ4n) is 2.29. The summed E-state index contributed by atoms with van der Waals surface area (Å²) in [6.45, 7) is 0.708. The molecule has 0 aliphatic heterocycles. The Balaban J connectivity index is 1.44. The van der Waals surface area contributed by atoms with Gasteiger partial charge in [0.05, 0.1) is 0 Å². The number of fused-ring (bicyclic) bond motifs is 1. The summed E-state index contributed by atoms with van der Waals surface area (Å²) in [6, 6.07) is 17.8. The number of hydrogen-bond acceptors (Lipinski definition) is 2. The number of nitrogens with one attached hydrogen (secondary N) is 2. The number of H-pyrrole nitrogens is 1. The minimum atomic E-state index is -0.417. The number of hydrogen-bond donors (Lipinski definition) is 2. The van der Waals surface area contributed by atoms with Gasteiger partial charge in [0, 0.05) is 18.3 Å². The summed E-state index contributed by atoms with van der Waals surface area (Å²) in [6.07, 6.45) is 5.38. The van der Waals surface area contributed by atoms with Crippen LogP contribution in [0.1, 0.15) is 11.1 Å². The number of carbonyl (C=O) groups is 1. The average molecular weight is 306 g/mol. The first-order valence-electron chi connectivity index (χ1n) is 7.49. The van der Waals surface area contributed by atoms with Crippen molar-refractivity contribution in [2.24, 2.45) is 0 Å². The molecule has 116 valence electrons. The lowest BCUT2D eigenvalue weighted by molar-refractivity contribution is 0.141. The highest BCUT2D eigenvalue weighted by Crippen LogP contribution is 2.15. The fraction of sp³-hybridized carbons (Fsp3) is 0.105. The van der Waals surface area contributed by atoms with Crippen LogP contribution in [-0.2, 0) is 11.3 Å². The molecule has 0 aliphatic carbocycles. The Hall–Kier alpha value is -3.01. The van der Waals surface area contributed by atoms with Crippen LogP contribution in [0.5, 0.6) is 0 Å². The highest BCUT2D eigenvalue weighted by molar-refractivity contribution is 5.81. The predicted octanol–water partition coefficient (Wildman–Crippen LogP) is 4.11. The quantitative estimate of drug-likeness (QED) is 0.745. The normalized spacial score (nSPS) is 11.0. The molecule has 2 N–H and O–H groups in total. The fourth-order valence-corrected chi connectivity index (χ4v) is 2.29. The molecule has 1 heterocycles. The second-order valence-corrected chi connectivity index (χ2v) is 5.17. The number of alkyl carbamates (subject to hydrolysis) is 1. The highest BCUT2D eigenvalue weighted by atomic mass is 16.5. The van der Waals surface area contributed by atoms with Crippen molar-refractivity contribution < 1.29 is 9.53 Å². The Morgan fingerprint density at radius 1 is 1.13 bits per heavy atom. The second-order valence-electron chi connectivity index (χ2n) is 5.17. The third-order valence-electron chi connectivity index (χ3n) is 3.46. The van der Waals surface area contributed by atoms with Crippen molar-refractivity contribution >= 4 is 23.1 Å². The lowest BCUT2D eigenvalue weighted by atomic mass is 10.1. The summed E-state index contributed by atoms with van der Waals surface area (Å²) in [7, 11) is 0. The summed E-state index contributed by atoms with van der Waals surface area (Å²) in [5.41, 5.74) is 3.18. The zero-order valence-corrected chi connectivity index (χ0v) is 12.7. The van der Waals surface area contributed by atoms with Crippen molar-refractivity contribution in [3.05, 3.63) is 78.0 Å². The van der Waals surface area contributed by atoms with Gasteiger partial charge in [-0.3, -0.25) is 0 Å². The smallest absolute Gasteiger partial charge is 0.407 e. The van der Waals surface area contributed by atoms with E-state index >= 15 is 0 Å². The number of ether oxygens (including phenoxy) is 1. The number of rotatable bonds is 5. The molecule has 4 nitrogen and oxygen atoms in total. The Kier molecular flexibility index (Phi) is 4.74. The van der Waals surface area contributed by atoms with E-state index in [0.717, 1.165) is 16.6 Å². The maximum Gasteiger partial charge on any atom is 0.407 e. The number of benzene rings is 2. The van der Waals surface area contributed by atoms with Gasteiger partial charge in [-0.1, -0.05) is 48.6 Å². The molecule has 1 amide bonds. The van der Waals surface area contributed by atoms with Crippen LogP contribution in [-0.4, -0.2) is 17.6 Å². The Labute approximate surface area is 134 Å². The maximum atomic E-state index is 11.6. The van der Waals surface area contributed by atoms with Crippen molar-refractivity contribution in [1.29, 1.82) is 0 Å². The van der Waals surface area contributed by atoms with Crippen LogP contribution in [0.3, 0.4) is 0 Å². The number of aromatic nitrogens is 1. The topological polar surface area (TPSA) is 54.1 Å². The van der Waals surface area contributed by atoms with E-state index in [1.165, 1.54) is 5.39 Å². The SMILES string of the molecule is O=C(NCC=Cc1ccc2[nH]ccc2c1)OCc1ccccc1. The van der Waals surface area contributed by atoms with Gasteiger partial charge >= 0.3 is 6.09 Å². The first kappa shape index (κ1) is 14.9. The Bertz CT molecular complexity index is 806. The summed E-state index contributed by atoms with van der Waals surface area (Å²) < 4.78 is 5.14. The van der Waals surface area contributed by atoms with E-state index in [1.807, 2.05) is 66.9 Å². The minimum Gasteiger partial charge on any atom is -0.445 e. The molecule has 0 bridgehead atoms. The van der Waals surface area contributed by atoms with Crippen LogP contribution in [0.2, 0.25) is 0 Å². The Morgan fingerprint density at radius 3 is 2.87 bits per heavy atom. The van der Waals surface area contributed by atoms with E-state index in [2.05, 4.69) is 16.4 Å². The van der Waals surface area contributed by atoms with Gasteiger partial charge in [-0.15, -0.1) is 0 Å². The molecule has 0 saturated carbocycles. The van der Waals surface area contributed by atoms with Crippen molar-refractivity contribution in [3.8, 4) is 0 Å². The second kappa shape index (κ2) is 7.31. The predicted molar refractivity (Wildman–Crippen MR) is 92.0 cm³/mol. The summed E-state index contributed by atoms with van der Waals surface area (Å²) in [5.74, 6) is 0. The van der Waals surface area contributed by atoms with Crippen molar-refractivity contribution in [3.63, 3.8) is 0 Å². The molecule has 4 heteroatoms. The number of amides is 1. The van der Waals surface area contributed by atoms with E-state index in [4.69, 9.17) is 4.74 Å². The third-order valence-corrected chi connectivity index (χ3v) is 3.46. The molecule has 3 aromatic rings. The molecule has 2 aromatic carbocycles. The lowest BCUT2D eigenvalue weighted by Gasteiger charge is -2.05. The molecule has 1 aromatic heterocycles. The molecule has 0 spiro atoms. The first-order chi connectivity index (χ1) is 11.3. The van der Waals surface area contributed by atoms with Gasteiger partial charge in [-0.2, -0.15) is 0 Å². The molecule has 0 atom stereocenters. The van der Waals surface area contributed by atoms with Gasteiger partial charge in [0.15, 0.2) is 0 Å². The molecule has 0 fully saturated rings. The van der Waals surface area contributed by atoms with Crippen molar-refractivity contribution in [1.82, 2.24) is 10.3 Å². The largest absolute Gasteiger partial charge is 0.445 e. The van der Waals surface area contributed by atoms with Crippen LogP contribution >= 0.6 is 0 Å². The van der Waals surface area contributed by atoms with Gasteiger partial charge in [-0.05, 0) is 34.7 Å². The molecule has 0 saturated heterocycles. The molecule has 0 aliphatic rings. The third kappa shape index (κ3) is 4.23. The van der Waals surface area contributed by atoms with E-state index in [9.17, 15) is 4.79 Å².